The number of carbonyl (C=O) groups excluding carboxylic acids is 1. The summed E-state index contributed by atoms with van der Waals surface area (Å²) in [5, 5.41) is 25.9. The molecular formula is C11H12ClN3O3. The van der Waals surface area contributed by atoms with Gasteiger partial charge in [-0.1, -0.05) is 28.0 Å². The Morgan fingerprint density at radius 3 is 2.56 bits per heavy atom. The van der Waals surface area contributed by atoms with E-state index < -0.39 is 5.91 Å². The number of amides is 1. The van der Waals surface area contributed by atoms with Gasteiger partial charge < -0.3 is 15.7 Å². The molecule has 0 aromatic heterocycles. The van der Waals surface area contributed by atoms with E-state index in [4.69, 9.17) is 22.0 Å². The number of halogens is 1. The average molecular weight is 270 g/mol. The van der Waals surface area contributed by atoms with Crippen LogP contribution in [0.25, 0.3) is 0 Å². The Bertz CT molecular complexity index is 526. The fourth-order valence-corrected chi connectivity index (χ4v) is 1.43. The number of benzene rings is 1. The van der Waals surface area contributed by atoms with Crippen LogP contribution in [-0.4, -0.2) is 27.7 Å². The van der Waals surface area contributed by atoms with E-state index >= 15 is 0 Å². The van der Waals surface area contributed by atoms with E-state index in [0.717, 1.165) is 0 Å². The number of nitrogens with zero attached hydrogens (tertiary/aromatic N) is 2. The zero-order chi connectivity index (χ0) is 13.7. The third-order valence-corrected chi connectivity index (χ3v) is 2.73. The molecule has 96 valence electrons. The fraction of sp³-hybridized carbons (Fsp3) is 0.182. The molecule has 0 saturated heterocycles. The number of anilines is 1. The van der Waals surface area contributed by atoms with Crippen LogP contribution >= 0.6 is 11.6 Å². The summed E-state index contributed by atoms with van der Waals surface area (Å²) >= 11 is 5.91. The van der Waals surface area contributed by atoms with Gasteiger partial charge in [-0.25, -0.2) is 0 Å². The summed E-state index contributed by atoms with van der Waals surface area (Å²) in [6.07, 6.45) is 0. The summed E-state index contributed by atoms with van der Waals surface area (Å²) in [7, 11) is 0. The lowest BCUT2D eigenvalue weighted by Gasteiger charge is -2.09. The minimum Gasteiger partial charge on any atom is -0.411 e. The summed E-state index contributed by atoms with van der Waals surface area (Å²) in [6, 6.07) is 5.02. The van der Waals surface area contributed by atoms with Crippen LogP contribution in [-0.2, 0) is 4.79 Å². The van der Waals surface area contributed by atoms with Crippen LogP contribution in [0.2, 0.25) is 5.02 Å². The highest BCUT2D eigenvalue weighted by Crippen LogP contribution is 2.22. The van der Waals surface area contributed by atoms with Crippen molar-refractivity contribution in [1.82, 2.24) is 0 Å². The molecule has 1 rings (SSSR count). The summed E-state index contributed by atoms with van der Waals surface area (Å²) in [5.74, 6) is -0.696. The molecule has 0 unspecified atom stereocenters. The Kier molecular flexibility index (Phi) is 4.67. The van der Waals surface area contributed by atoms with Gasteiger partial charge in [0.15, 0.2) is 5.71 Å². The summed E-state index contributed by atoms with van der Waals surface area (Å²) in [4.78, 5) is 11.8. The number of carbonyl (C=O) groups is 1. The van der Waals surface area contributed by atoms with Crippen LogP contribution in [0.4, 0.5) is 5.69 Å². The van der Waals surface area contributed by atoms with Gasteiger partial charge in [-0.15, -0.1) is 0 Å². The monoisotopic (exact) mass is 269 g/mol. The topological polar surface area (TPSA) is 94.3 Å². The zero-order valence-corrected chi connectivity index (χ0v) is 10.6. The maximum atomic E-state index is 11.8. The van der Waals surface area contributed by atoms with Crippen molar-refractivity contribution in [2.45, 2.75) is 13.8 Å². The van der Waals surface area contributed by atoms with Crippen molar-refractivity contribution in [2.75, 3.05) is 5.32 Å². The number of rotatable bonds is 3. The molecule has 0 aliphatic heterocycles. The average Bonchev–Trinajstić information content (AvgIpc) is 2.35. The van der Waals surface area contributed by atoms with Crippen molar-refractivity contribution < 1.29 is 15.2 Å². The molecular weight excluding hydrogens is 258 g/mol. The fourth-order valence-electron chi connectivity index (χ4n) is 1.25. The molecule has 0 radical (unpaired) electrons. The van der Waals surface area contributed by atoms with Gasteiger partial charge in [-0.05, 0) is 31.5 Å². The first-order valence-electron chi connectivity index (χ1n) is 4.98. The molecule has 6 nitrogen and oxygen atoms in total. The zero-order valence-electron chi connectivity index (χ0n) is 9.81. The SMILES string of the molecule is CC(=NO)C(=NO)C(=O)Nc1cccc(Cl)c1C. The Morgan fingerprint density at radius 2 is 2.00 bits per heavy atom. The molecule has 0 atom stereocenters. The standard InChI is InChI=1S/C11H12ClN3O3/c1-6-8(12)4-3-5-9(6)13-11(16)10(15-18)7(2)14-17/h3-5,17-18H,1-2H3,(H,13,16). The van der Waals surface area contributed by atoms with E-state index in [1.54, 1.807) is 25.1 Å². The first kappa shape index (κ1) is 14.0. The summed E-state index contributed by atoms with van der Waals surface area (Å²) in [5.41, 5.74) is 0.689. The molecule has 18 heavy (non-hydrogen) atoms. The third-order valence-electron chi connectivity index (χ3n) is 2.32. The quantitative estimate of drug-likeness (QED) is 0.446. The lowest BCUT2D eigenvalue weighted by molar-refractivity contribution is -0.110. The second-order valence-corrected chi connectivity index (χ2v) is 3.91. The maximum absolute atomic E-state index is 11.8. The summed E-state index contributed by atoms with van der Waals surface area (Å²) in [6.45, 7) is 3.07. The minimum absolute atomic E-state index is 0.102. The summed E-state index contributed by atoms with van der Waals surface area (Å²) < 4.78 is 0. The van der Waals surface area contributed by atoms with E-state index in [1.807, 2.05) is 0 Å². The number of hydrogen-bond donors (Lipinski definition) is 3. The van der Waals surface area contributed by atoms with Crippen molar-refractivity contribution in [3.8, 4) is 0 Å². The number of hydrogen-bond acceptors (Lipinski definition) is 5. The van der Waals surface area contributed by atoms with Crippen molar-refractivity contribution in [2.24, 2.45) is 10.3 Å². The van der Waals surface area contributed by atoms with Crippen molar-refractivity contribution in [3.05, 3.63) is 28.8 Å². The first-order valence-corrected chi connectivity index (χ1v) is 5.36. The van der Waals surface area contributed by atoms with Gasteiger partial charge in [0.2, 0.25) is 0 Å². The Labute approximate surface area is 109 Å². The highest BCUT2D eigenvalue weighted by Gasteiger charge is 2.17. The van der Waals surface area contributed by atoms with E-state index in [0.29, 0.717) is 16.3 Å². The predicted molar refractivity (Wildman–Crippen MR) is 68.9 cm³/mol. The van der Waals surface area contributed by atoms with Crippen LogP contribution in [0, 0.1) is 6.92 Å². The van der Waals surface area contributed by atoms with Crippen LogP contribution in [0.15, 0.2) is 28.5 Å². The Hall–Kier alpha value is -2.08. The lowest BCUT2D eigenvalue weighted by Crippen LogP contribution is -2.29. The molecule has 0 spiro atoms. The number of nitrogens with one attached hydrogen (secondary N) is 1. The normalized spacial score (nSPS) is 12.4. The number of oxime groups is 2. The van der Waals surface area contributed by atoms with Gasteiger partial charge in [0.05, 0.1) is 0 Å². The maximum Gasteiger partial charge on any atom is 0.279 e. The lowest BCUT2D eigenvalue weighted by atomic mass is 10.2. The minimum atomic E-state index is -0.696. The van der Waals surface area contributed by atoms with E-state index in [1.165, 1.54) is 6.92 Å². The highest BCUT2D eigenvalue weighted by atomic mass is 35.5. The molecule has 3 N–H and O–H groups in total. The van der Waals surface area contributed by atoms with Crippen molar-refractivity contribution in [3.63, 3.8) is 0 Å². The molecule has 0 fully saturated rings. The van der Waals surface area contributed by atoms with E-state index in [9.17, 15) is 4.79 Å². The van der Waals surface area contributed by atoms with E-state index in [2.05, 4.69) is 15.6 Å². The molecule has 0 heterocycles. The van der Waals surface area contributed by atoms with Gasteiger partial charge in [0.1, 0.15) is 5.71 Å². The van der Waals surface area contributed by atoms with Crippen LogP contribution in [0.1, 0.15) is 12.5 Å². The molecule has 1 amide bonds. The van der Waals surface area contributed by atoms with Gasteiger partial charge >= 0.3 is 0 Å². The molecule has 0 aliphatic carbocycles. The predicted octanol–water partition coefficient (Wildman–Crippen LogP) is 2.27. The van der Waals surface area contributed by atoms with Gasteiger partial charge in [-0.3, -0.25) is 4.79 Å². The molecule has 7 heteroatoms. The van der Waals surface area contributed by atoms with Gasteiger partial charge in [-0.2, -0.15) is 0 Å². The smallest absolute Gasteiger partial charge is 0.279 e. The van der Waals surface area contributed by atoms with Gasteiger partial charge in [0, 0.05) is 10.7 Å². The van der Waals surface area contributed by atoms with Crippen molar-refractivity contribution >= 4 is 34.6 Å². The second kappa shape index (κ2) is 6.02. The third kappa shape index (κ3) is 2.98. The molecule has 1 aromatic rings. The molecule has 1 aromatic carbocycles. The molecule has 0 saturated carbocycles. The van der Waals surface area contributed by atoms with Crippen LogP contribution in [0.5, 0.6) is 0 Å². The van der Waals surface area contributed by atoms with E-state index in [-0.39, 0.29) is 11.4 Å². The Morgan fingerprint density at radius 1 is 1.33 bits per heavy atom. The second-order valence-electron chi connectivity index (χ2n) is 3.50. The van der Waals surface area contributed by atoms with Crippen molar-refractivity contribution in [1.29, 1.82) is 0 Å². The Balaban J connectivity index is 2.98. The molecule has 0 bridgehead atoms. The largest absolute Gasteiger partial charge is 0.411 e. The van der Waals surface area contributed by atoms with Crippen LogP contribution in [0.3, 0.4) is 0 Å². The van der Waals surface area contributed by atoms with Gasteiger partial charge in [0.25, 0.3) is 5.91 Å². The first-order chi connectivity index (χ1) is 8.51. The molecule has 0 aliphatic rings. The van der Waals surface area contributed by atoms with Crippen LogP contribution < -0.4 is 5.32 Å². The highest BCUT2D eigenvalue weighted by molar-refractivity contribution is 6.68.